The minimum atomic E-state index is -0.908. The number of aliphatic carboxylic acids is 1. The first-order valence-corrected chi connectivity index (χ1v) is 9.15. The van der Waals surface area contributed by atoms with Gasteiger partial charge in [0.15, 0.2) is 6.29 Å². The summed E-state index contributed by atoms with van der Waals surface area (Å²) in [4.78, 5) is 21.9. The molecule has 1 aromatic heterocycles. The molecule has 0 aliphatic carbocycles. The number of hydrogen-bond acceptors (Lipinski definition) is 8. The molecule has 9 heteroatoms. The maximum atomic E-state index is 11.2. The Kier molecular flexibility index (Phi) is 9.05. The SMILES string of the molecule is COC(O)CN1CCN(CC(=O)O)CCN(CCO)Cc2cccc(n2)C1. The normalized spacial score (nSPS) is 19.2. The third kappa shape index (κ3) is 7.87. The van der Waals surface area contributed by atoms with E-state index in [-0.39, 0.29) is 13.2 Å². The molecule has 9 nitrogen and oxygen atoms in total. The smallest absolute Gasteiger partial charge is 0.317 e. The number of aliphatic hydroxyl groups excluding tert-OH is 2. The largest absolute Gasteiger partial charge is 0.480 e. The van der Waals surface area contributed by atoms with Crippen LogP contribution in [0.1, 0.15) is 11.4 Å². The molecular weight excluding hydrogens is 352 g/mol. The van der Waals surface area contributed by atoms with Gasteiger partial charge < -0.3 is 20.1 Å². The quantitative estimate of drug-likeness (QED) is 0.514. The summed E-state index contributed by atoms with van der Waals surface area (Å²) in [5, 5.41) is 28.4. The van der Waals surface area contributed by atoms with Crippen LogP contribution in [0.4, 0.5) is 0 Å². The van der Waals surface area contributed by atoms with Crippen molar-refractivity contribution in [3.8, 4) is 0 Å². The molecule has 1 aliphatic rings. The van der Waals surface area contributed by atoms with Gasteiger partial charge in [0, 0.05) is 59.5 Å². The Hall–Kier alpha value is -1.62. The van der Waals surface area contributed by atoms with Crippen LogP contribution in [0.5, 0.6) is 0 Å². The maximum absolute atomic E-state index is 11.2. The molecule has 3 N–H and O–H groups in total. The van der Waals surface area contributed by atoms with E-state index in [2.05, 4.69) is 4.90 Å². The molecule has 0 spiro atoms. The van der Waals surface area contributed by atoms with E-state index in [9.17, 15) is 20.1 Å². The summed E-state index contributed by atoms with van der Waals surface area (Å²) < 4.78 is 4.97. The number of aromatic nitrogens is 1. The van der Waals surface area contributed by atoms with Crippen molar-refractivity contribution in [2.24, 2.45) is 0 Å². The van der Waals surface area contributed by atoms with Crippen molar-refractivity contribution < 1.29 is 24.9 Å². The van der Waals surface area contributed by atoms with E-state index < -0.39 is 12.3 Å². The molecule has 1 atom stereocenters. The predicted molar refractivity (Wildman–Crippen MR) is 99.0 cm³/mol. The van der Waals surface area contributed by atoms with Gasteiger partial charge in [0.25, 0.3) is 0 Å². The second kappa shape index (κ2) is 11.3. The van der Waals surface area contributed by atoms with E-state index in [1.807, 2.05) is 28.0 Å². The maximum Gasteiger partial charge on any atom is 0.317 e. The molecular formula is C18H30N4O5. The molecule has 1 aliphatic heterocycles. The van der Waals surface area contributed by atoms with Crippen LogP contribution in [0.25, 0.3) is 0 Å². The topological polar surface area (TPSA) is 110 Å². The van der Waals surface area contributed by atoms with Crippen LogP contribution >= 0.6 is 0 Å². The fourth-order valence-corrected chi connectivity index (χ4v) is 3.13. The summed E-state index contributed by atoms with van der Waals surface area (Å²) in [6.07, 6.45) is -0.908. The Balaban J connectivity index is 2.20. The first-order chi connectivity index (χ1) is 13.0. The van der Waals surface area contributed by atoms with Crippen LogP contribution < -0.4 is 0 Å². The molecule has 0 saturated heterocycles. The summed E-state index contributed by atoms with van der Waals surface area (Å²) in [5.74, 6) is -0.869. The van der Waals surface area contributed by atoms with Crippen LogP contribution in [-0.2, 0) is 22.6 Å². The molecule has 1 aromatic rings. The Morgan fingerprint density at radius 1 is 1.15 bits per heavy atom. The highest BCUT2D eigenvalue weighted by atomic mass is 16.6. The fourth-order valence-electron chi connectivity index (χ4n) is 3.13. The number of carbonyl (C=O) groups is 1. The zero-order chi connectivity index (χ0) is 19.6. The average Bonchev–Trinajstić information content (AvgIpc) is 2.62. The number of ether oxygens (including phenoxy) is 1. The van der Waals surface area contributed by atoms with Crippen molar-refractivity contribution in [3.63, 3.8) is 0 Å². The number of β-amino-alcohol motifs (C(OH)–C–C–N with tert-alkyl or cyclic N) is 2. The van der Waals surface area contributed by atoms with E-state index >= 15 is 0 Å². The van der Waals surface area contributed by atoms with Crippen molar-refractivity contribution in [3.05, 3.63) is 29.6 Å². The lowest BCUT2D eigenvalue weighted by Gasteiger charge is -2.30. The standard InChI is InChI=1S/C18H30N4O5/c1-27-18(26)14-22-8-7-20(13-17(24)25)5-6-21(9-10-23)11-15-3-2-4-16(12-22)19-15/h2-4,18,23,26H,5-14H2,1H3,(H,24,25). The lowest BCUT2D eigenvalue weighted by Crippen LogP contribution is -2.44. The number of methoxy groups -OCH3 is 1. The van der Waals surface area contributed by atoms with Crippen molar-refractivity contribution >= 4 is 5.97 Å². The lowest BCUT2D eigenvalue weighted by atomic mass is 10.2. The van der Waals surface area contributed by atoms with Gasteiger partial charge in [-0.2, -0.15) is 0 Å². The first-order valence-electron chi connectivity index (χ1n) is 9.15. The van der Waals surface area contributed by atoms with Crippen LogP contribution in [-0.4, -0.2) is 107 Å². The van der Waals surface area contributed by atoms with Gasteiger partial charge in [-0.3, -0.25) is 24.5 Å². The zero-order valence-corrected chi connectivity index (χ0v) is 15.8. The summed E-state index contributed by atoms with van der Waals surface area (Å²) in [6.45, 7) is 4.31. The van der Waals surface area contributed by atoms with Gasteiger partial charge in [-0.15, -0.1) is 0 Å². The summed E-state index contributed by atoms with van der Waals surface area (Å²) in [7, 11) is 1.45. The number of pyridine rings is 1. The van der Waals surface area contributed by atoms with Crippen LogP contribution in [0.15, 0.2) is 18.2 Å². The molecule has 152 valence electrons. The molecule has 2 rings (SSSR count). The Morgan fingerprint density at radius 3 is 2.33 bits per heavy atom. The minimum absolute atomic E-state index is 0.0430. The van der Waals surface area contributed by atoms with Crippen molar-refractivity contribution in [1.29, 1.82) is 0 Å². The Bertz CT molecular complexity index is 589. The van der Waals surface area contributed by atoms with Gasteiger partial charge >= 0.3 is 5.97 Å². The van der Waals surface area contributed by atoms with Gasteiger partial charge in [-0.25, -0.2) is 0 Å². The van der Waals surface area contributed by atoms with E-state index in [0.717, 1.165) is 11.4 Å². The highest BCUT2D eigenvalue weighted by Gasteiger charge is 2.18. The number of fused-ring (bicyclic) bond motifs is 2. The number of nitrogens with zero attached hydrogens (tertiary/aromatic N) is 4. The average molecular weight is 382 g/mol. The summed E-state index contributed by atoms with van der Waals surface area (Å²) >= 11 is 0. The monoisotopic (exact) mass is 382 g/mol. The molecule has 27 heavy (non-hydrogen) atoms. The number of carboxylic acids is 1. The summed E-state index contributed by atoms with van der Waals surface area (Å²) in [5.41, 5.74) is 1.78. The molecule has 0 aromatic carbocycles. The number of aliphatic hydroxyl groups is 2. The Labute approximate surface area is 159 Å². The van der Waals surface area contributed by atoms with Crippen LogP contribution in [0, 0.1) is 0 Å². The van der Waals surface area contributed by atoms with Gasteiger partial charge in [-0.05, 0) is 12.1 Å². The summed E-state index contributed by atoms with van der Waals surface area (Å²) in [6, 6.07) is 5.85. The third-order valence-corrected chi connectivity index (χ3v) is 4.56. The Morgan fingerprint density at radius 2 is 1.74 bits per heavy atom. The zero-order valence-electron chi connectivity index (χ0n) is 15.8. The third-order valence-electron chi connectivity index (χ3n) is 4.56. The molecule has 0 radical (unpaired) electrons. The highest BCUT2D eigenvalue weighted by Crippen LogP contribution is 2.09. The molecule has 0 fully saturated rings. The molecule has 2 bridgehead atoms. The van der Waals surface area contributed by atoms with Crippen molar-refractivity contribution in [1.82, 2.24) is 19.7 Å². The minimum Gasteiger partial charge on any atom is -0.480 e. The van der Waals surface area contributed by atoms with Crippen molar-refractivity contribution in [2.45, 2.75) is 19.4 Å². The van der Waals surface area contributed by atoms with Crippen molar-refractivity contribution in [2.75, 3.05) is 59.5 Å². The van der Waals surface area contributed by atoms with Gasteiger partial charge in [0.2, 0.25) is 0 Å². The number of hydrogen-bond donors (Lipinski definition) is 3. The second-order valence-electron chi connectivity index (χ2n) is 6.72. The van der Waals surface area contributed by atoms with Crippen LogP contribution in [0.3, 0.4) is 0 Å². The fraction of sp³-hybridized carbons (Fsp3) is 0.667. The predicted octanol–water partition coefficient (Wildman–Crippen LogP) is -0.957. The van der Waals surface area contributed by atoms with Gasteiger partial charge in [0.05, 0.1) is 24.5 Å². The number of carboxylic acid groups (broad SMARTS) is 1. The highest BCUT2D eigenvalue weighted by molar-refractivity contribution is 5.69. The molecule has 1 unspecified atom stereocenters. The van der Waals surface area contributed by atoms with E-state index in [1.165, 1.54) is 7.11 Å². The lowest BCUT2D eigenvalue weighted by molar-refractivity contribution is -0.138. The molecule has 0 amide bonds. The number of rotatable bonds is 7. The van der Waals surface area contributed by atoms with Crippen LogP contribution in [0.2, 0.25) is 0 Å². The van der Waals surface area contributed by atoms with Gasteiger partial charge in [0.1, 0.15) is 0 Å². The second-order valence-corrected chi connectivity index (χ2v) is 6.72. The van der Waals surface area contributed by atoms with Gasteiger partial charge in [-0.1, -0.05) is 6.07 Å². The van der Waals surface area contributed by atoms with E-state index in [1.54, 1.807) is 0 Å². The van der Waals surface area contributed by atoms with E-state index in [0.29, 0.717) is 52.4 Å². The first kappa shape index (κ1) is 21.7. The molecule has 0 saturated carbocycles. The molecule has 2 heterocycles. The van der Waals surface area contributed by atoms with E-state index in [4.69, 9.17) is 9.72 Å².